The summed E-state index contributed by atoms with van der Waals surface area (Å²) in [4.78, 5) is 0. The largest absolute Gasteiger partial charge is 0.0876 e. The van der Waals surface area contributed by atoms with Gasteiger partial charge in [0, 0.05) is 5.33 Å². The molecule has 0 heterocycles. The van der Waals surface area contributed by atoms with E-state index < -0.39 is 0 Å². The molecule has 0 saturated carbocycles. The van der Waals surface area contributed by atoms with Gasteiger partial charge in [-0.25, -0.2) is 0 Å². The van der Waals surface area contributed by atoms with Crippen LogP contribution in [0.2, 0.25) is 0 Å². The van der Waals surface area contributed by atoms with Crippen molar-refractivity contribution in [2.75, 3.05) is 0 Å². The van der Waals surface area contributed by atoms with Crippen molar-refractivity contribution in [1.82, 2.24) is 0 Å². The minimum absolute atomic E-state index is 0.869. The van der Waals surface area contributed by atoms with Gasteiger partial charge in [-0.1, -0.05) is 101 Å². The fourth-order valence-electron chi connectivity index (χ4n) is 4.59. The Labute approximate surface area is 171 Å². The first-order chi connectivity index (χ1) is 13.8. The Morgan fingerprint density at radius 3 is 1.64 bits per heavy atom. The Balaban J connectivity index is 1.98. The van der Waals surface area contributed by atoms with Gasteiger partial charge in [0.1, 0.15) is 0 Å². The average molecular weight is 421 g/mol. The minimum atomic E-state index is 0.869. The predicted octanol–water partition coefficient (Wildman–Crippen LogP) is 8.35. The number of hydrogen-bond acceptors (Lipinski definition) is 0. The molecule has 0 fully saturated rings. The summed E-state index contributed by atoms with van der Waals surface area (Å²) in [5, 5.41) is 14.1. The minimum Gasteiger partial charge on any atom is -0.0876 e. The molecule has 28 heavy (non-hydrogen) atoms. The maximum atomic E-state index is 3.63. The van der Waals surface area contributed by atoms with Crippen molar-refractivity contribution in [3.63, 3.8) is 0 Å². The fraction of sp³-hybridized carbons (Fsp3) is 0.0370. The Kier molecular flexibility index (Phi) is 3.48. The lowest BCUT2D eigenvalue weighted by Gasteiger charge is -2.13. The van der Waals surface area contributed by atoms with Crippen LogP contribution in [0.1, 0.15) is 5.56 Å². The fourth-order valence-corrected chi connectivity index (χ4v) is 4.93. The summed E-state index contributed by atoms with van der Waals surface area (Å²) in [6.45, 7) is 0. The Morgan fingerprint density at radius 2 is 0.964 bits per heavy atom. The summed E-state index contributed by atoms with van der Waals surface area (Å²) in [6.07, 6.45) is 0. The van der Waals surface area contributed by atoms with E-state index in [0.717, 1.165) is 5.33 Å². The third-order valence-corrected chi connectivity index (χ3v) is 6.55. The number of alkyl halides is 1. The molecule has 0 unspecified atom stereocenters. The van der Waals surface area contributed by atoms with E-state index in [9.17, 15) is 0 Å². The Bertz CT molecular complexity index is 1530. The second-order valence-corrected chi connectivity index (χ2v) is 8.03. The van der Waals surface area contributed by atoms with Gasteiger partial charge in [0.25, 0.3) is 0 Å². The Hall–Kier alpha value is -2.90. The van der Waals surface area contributed by atoms with Gasteiger partial charge in [-0.2, -0.15) is 0 Å². The molecule has 6 rings (SSSR count). The van der Waals surface area contributed by atoms with Crippen LogP contribution in [-0.2, 0) is 5.33 Å². The molecule has 0 radical (unpaired) electrons. The lowest BCUT2D eigenvalue weighted by Crippen LogP contribution is -1.86. The number of benzene rings is 6. The van der Waals surface area contributed by atoms with E-state index in [4.69, 9.17) is 0 Å². The van der Waals surface area contributed by atoms with Crippen molar-refractivity contribution in [2.24, 2.45) is 0 Å². The number of rotatable bonds is 1. The summed E-state index contributed by atoms with van der Waals surface area (Å²) >= 11 is 3.63. The maximum absolute atomic E-state index is 3.63. The van der Waals surface area contributed by atoms with Crippen molar-refractivity contribution >= 4 is 69.8 Å². The highest BCUT2D eigenvalue weighted by Gasteiger charge is 2.11. The summed E-state index contributed by atoms with van der Waals surface area (Å²) in [7, 11) is 0. The predicted molar refractivity (Wildman–Crippen MR) is 127 cm³/mol. The van der Waals surface area contributed by atoms with Gasteiger partial charge in [-0.05, 0) is 65.5 Å². The first kappa shape index (κ1) is 16.1. The van der Waals surface area contributed by atoms with Gasteiger partial charge < -0.3 is 0 Å². The number of hydrogen-bond donors (Lipinski definition) is 0. The summed E-state index contributed by atoms with van der Waals surface area (Å²) in [5.41, 5.74) is 1.31. The molecule has 0 atom stereocenters. The van der Waals surface area contributed by atoms with Crippen LogP contribution < -0.4 is 0 Å². The lowest BCUT2D eigenvalue weighted by atomic mass is 9.90. The summed E-state index contributed by atoms with van der Waals surface area (Å²) in [5.74, 6) is 0. The topological polar surface area (TPSA) is 0 Å². The van der Waals surface area contributed by atoms with Crippen molar-refractivity contribution in [2.45, 2.75) is 5.33 Å². The van der Waals surface area contributed by atoms with E-state index in [-0.39, 0.29) is 0 Å². The van der Waals surface area contributed by atoms with Gasteiger partial charge in [0.05, 0.1) is 0 Å². The SMILES string of the molecule is BrCc1ccc2ccc3ccc4ccc5ccc6ccccc6c5c4c3c2c1. The van der Waals surface area contributed by atoms with E-state index in [0.29, 0.717) is 0 Å². The monoisotopic (exact) mass is 420 g/mol. The zero-order chi connectivity index (χ0) is 18.7. The van der Waals surface area contributed by atoms with Crippen molar-refractivity contribution in [3.8, 4) is 0 Å². The molecule has 6 aromatic carbocycles. The molecule has 0 saturated heterocycles. The van der Waals surface area contributed by atoms with Gasteiger partial charge in [0.2, 0.25) is 0 Å². The zero-order valence-electron chi connectivity index (χ0n) is 15.2. The highest BCUT2D eigenvalue weighted by Crippen LogP contribution is 2.39. The standard InChI is InChI=1S/C27H17Br/c28-16-17-5-6-19-8-10-21-12-14-22-13-11-20-9-7-18-3-1-2-4-23(18)25(20)27(22)26(21)24(19)15-17/h1-15H,16H2. The highest BCUT2D eigenvalue weighted by atomic mass is 79.9. The van der Waals surface area contributed by atoms with Crippen LogP contribution in [0.3, 0.4) is 0 Å². The molecular weight excluding hydrogens is 404 g/mol. The molecular formula is C27H17Br. The lowest BCUT2D eigenvalue weighted by molar-refractivity contribution is 1.47. The van der Waals surface area contributed by atoms with E-state index >= 15 is 0 Å². The molecule has 0 N–H and O–H groups in total. The molecule has 0 aliphatic rings. The van der Waals surface area contributed by atoms with Gasteiger partial charge in [-0.15, -0.1) is 0 Å². The normalized spacial score (nSPS) is 11.9. The van der Waals surface area contributed by atoms with Gasteiger partial charge >= 0.3 is 0 Å². The van der Waals surface area contributed by atoms with Crippen LogP contribution in [0.15, 0.2) is 91.0 Å². The van der Waals surface area contributed by atoms with Crippen LogP contribution in [0.5, 0.6) is 0 Å². The summed E-state index contributed by atoms with van der Waals surface area (Å²) < 4.78 is 0. The molecule has 0 aliphatic heterocycles. The molecule has 0 spiro atoms. The van der Waals surface area contributed by atoms with Crippen LogP contribution in [0.25, 0.3) is 53.9 Å². The maximum Gasteiger partial charge on any atom is 0.0283 e. The van der Waals surface area contributed by atoms with Gasteiger partial charge in [-0.3, -0.25) is 0 Å². The molecule has 6 aromatic rings. The third-order valence-electron chi connectivity index (χ3n) is 5.91. The van der Waals surface area contributed by atoms with Crippen LogP contribution in [0.4, 0.5) is 0 Å². The molecule has 1 heteroatoms. The molecule has 0 bridgehead atoms. The first-order valence-electron chi connectivity index (χ1n) is 9.58. The quantitative estimate of drug-likeness (QED) is 0.185. The first-order valence-corrected chi connectivity index (χ1v) is 10.7. The van der Waals surface area contributed by atoms with Crippen molar-refractivity contribution < 1.29 is 0 Å². The second kappa shape index (κ2) is 6.05. The van der Waals surface area contributed by atoms with Crippen LogP contribution in [-0.4, -0.2) is 0 Å². The van der Waals surface area contributed by atoms with E-state index in [2.05, 4.69) is 107 Å². The highest BCUT2D eigenvalue weighted by molar-refractivity contribution is 9.08. The van der Waals surface area contributed by atoms with Crippen LogP contribution >= 0.6 is 15.9 Å². The van der Waals surface area contributed by atoms with E-state index in [1.165, 1.54) is 59.4 Å². The molecule has 0 aromatic heterocycles. The Morgan fingerprint density at radius 1 is 0.464 bits per heavy atom. The second-order valence-electron chi connectivity index (χ2n) is 7.47. The zero-order valence-corrected chi connectivity index (χ0v) is 16.8. The molecule has 0 aliphatic carbocycles. The van der Waals surface area contributed by atoms with Crippen molar-refractivity contribution in [3.05, 3.63) is 96.6 Å². The van der Waals surface area contributed by atoms with Crippen molar-refractivity contribution in [1.29, 1.82) is 0 Å². The smallest absolute Gasteiger partial charge is 0.0283 e. The third kappa shape index (κ3) is 2.23. The van der Waals surface area contributed by atoms with E-state index in [1.807, 2.05) is 0 Å². The van der Waals surface area contributed by atoms with E-state index in [1.54, 1.807) is 0 Å². The number of fused-ring (bicyclic) bond motifs is 9. The number of halogens is 1. The van der Waals surface area contributed by atoms with Gasteiger partial charge in [0.15, 0.2) is 0 Å². The average Bonchev–Trinajstić information content (AvgIpc) is 2.77. The van der Waals surface area contributed by atoms with Crippen LogP contribution in [0, 0.1) is 0 Å². The molecule has 132 valence electrons. The molecule has 0 nitrogen and oxygen atoms in total. The molecule has 0 amide bonds. The summed E-state index contributed by atoms with van der Waals surface area (Å²) in [6, 6.07) is 33.6.